The smallest absolute Gasteiger partial charge is 0.268 e. The summed E-state index contributed by atoms with van der Waals surface area (Å²) in [6.07, 6.45) is 1.43. The van der Waals surface area contributed by atoms with Crippen LogP contribution in [0.15, 0.2) is 47.4 Å². The molecule has 124 valence electrons. The average Bonchev–Trinajstić information content (AvgIpc) is 2.53. The van der Waals surface area contributed by atoms with Gasteiger partial charge in [0.1, 0.15) is 16.9 Å². The van der Waals surface area contributed by atoms with Gasteiger partial charge in [0.15, 0.2) is 5.75 Å². The summed E-state index contributed by atoms with van der Waals surface area (Å²) >= 11 is 0. The number of hydrogen-bond acceptors (Lipinski definition) is 5. The summed E-state index contributed by atoms with van der Waals surface area (Å²) in [6, 6.07) is 8.80. The van der Waals surface area contributed by atoms with Gasteiger partial charge in [-0.2, -0.15) is 0 Å². The first kappa shape index (κ1) is 17.1. The fourth-order valence-electron chi connectivity index (χ4n) is 2.41. The van der Waals surface area contributed by atoms with E-state index < -0.39 is 28.6 Å². The Morgan fingerprint density at radius 3 is 2.54 bits per heavy atom. The van der Waals surface area contributed by atoms with Crippen LogP contribution in [0.25, 0.3) is 11.0 Å². The number of hydrogen-bond donors (Lipinski definition) is 3. The molecule has 0 bridgehead atoms. The van der Waals surface area contributed by atoms with Gasteiger partial charge in [-0.3, -0.25) is 14.6 Å². The molecule has 1 amide bonds. The highest BCUT2D eigenvalue weighted by atomic mass is 19.1. The number of amides is 1. The lowest BCUT2D eigenvalue weighted by molar-refractivity contribution is 0.0996. The third-order valence-electron chi connectivity index (χ3n) is 3.50. The Labute approximate surface area is 135 Å². The van der Waals surface area contributed by atoms with Crippen LogP contribution >= 0.6 is 0 Å². The van der Waals surface area contributed by atoms with Crippen LogP contribution in [0, 0.1) is 5.82 Å². The minimum Gasteiger partial charge on any atom is -0.505 e. The third-order valence-corrected chi connectivity index (χ3v) is 3.50. The van der Waals surface area contributed by atoms with E-state index in [4.69, 9.17) is 5.73 Å². The van der Waals surface area contributed by atoms with Gasteiger partial charge in [0.25, 0.3) is 11.5 Å². The zero-order valence-electron chi connectivity index (χ0n) is 12.6. The van der Waals surface area contributed by atoms with Gasteiger partial charge >= 0.3 is 0 Å². The molecule has 0 aliphatic heterocycles. The number of fused-ring (bicyclic) bond motifs is 1. The van der Waals surface area contributed by atoms with Crippen molar-refractivity contribution >= 4 is 16.9 Å². The second-order valence-corrected chi connectivity index (χ2v) is 4.98. The van der Waals surface area contributed by atoms with Crippen LogP contribution in [0.5, 0.6) is 5.75 Å². The second-order valence-electron chi connectivity index (χ2n) is 4.98. The van der Waals surface area contributed by atoms with E-state index in [9.17, 15) is 19.1 Å². The Morgan fingerprint density at radius 2 is 1.92 bits per heavy atom. The maximum atomic E-state index is 13.0. The van der Waals surface area contributed by atoms with Gasteiger partial charge in [0, 0.05) is 6.20 Å². The molecule has 24 heavy (non-hydrogen) atoms. The van der Waals surface area contributed by atoms with Crippen LogP contribution in [-0.2, 0) is 6.54 Å². The number of primary amides is 1. The molecule has 0 unspecified atom stereocenters. The number of benzene rings is 1. The lowest BCUT2D eigenvalue weighted by Gasteiger charge is -2.13. The van der Waals surface area contributed by atoms with Crippen LogP contribution < -0.4 is 17.4 Å². The number of carbonyl (C=O) groups is 1. The molecule has 0 atom stereocenters. The van der Waals surface area contributed by atoms with Gasteiger partial charge in [-0.25, -0.2) is 4.39 Å². The largest absolute Gasteiger partial charge is 0.505 e. The van der Waals surface area contributed by atoms with E-state index in [1.165, 1.54) is 35.0 Å². The molecule has 8 heteroatoms. The van der Waals surface area contributed by atoms with Gasteiger partial charge in [-0.05, 0) is 29.8 Å². The first-order chi connectivity index (χ1) is 11.0. The molecule has 0 radical (unpaired) electrons. The summed E-state index contributed by atoms with van der Waals surface area (Å²) in [5.74, 6) is -1.96. The van der Waals surface area contributed by atoms with E-state index in [1.807, 2.05) is 0 Å². The number of carbonyl (C=O) groups excluding carboxylic acids is 1. The minimum absolute atomic E-state index is 0. The molecule has 3 aromatic rings. The van der Waals surface area contributed by atoms with Gasteiger partial charge < -0.3 is 21.6 Å². The lowest BCUT2D eigenvalue weighted by Crippen LogP contribution is -2.30. The lowest BCUT2D eigenvalue weighted by atomic mass is 10.1. The topological polar surface area (TPSA) is 133 Å². The molecular formula is C16H15FN4O3. The van der Waals surface area contributed by atoms with Crippen molar-refractivity contribution in [3.05, 3.63) is 69.9 Å². The van der Waals surface area contributed by atoms with E-state index >= 15 is 0 Å². The van der Waals surface area contributed by atoms with E-state index in [1.54, 1.807) is 12.1 Å². The van der Waals surface area contributed by atoms with Crippen molar-refractivity contribution in [3.63, 3.8) is 0 Å². The van der Waals surface area contributed by atoms with E-state index in [0.29, 0.717) is 11.1 Å². The monoisotopic (exact) mass is 330 g/mol. The normalized spacial score (nSPS) is 10.4. The molecule has 0 saturated carbocycles. The summed E-state index contributed by atoms with van der Waals surface area (Å²) in [5, 5.41) is 10.1. The second kappa shape index (κ2) is 6.47. The highest BCUT2D eigenvalue weighted by Crippen LogP contribution is 2.24. The number of halogens is 1. The Bertz CT molecular complexity index is 967. The molecule has 3 rings (SSSR count). The summed E-state index contributed by atoms with van der Waals surface area (Å²) in [4.78, 5) is 28.0. The Balaban J connectivity index is 0.00000208. The molecule has 6 N–H and O–H groups in total. The van der Waals surface area contributed by atoms with Crippen LogP contribution in [0.3, 0.4) is 0 Å². The molecule has 2 heterocycles. The molecule has 0 saturated heterocycles. The molecule has 0 aliphatic carbocycles. The molecule has 2 aromatic heterocycles. The fourth-order valence-corrected chi connectivity index (χ4v) is 2.41. The molecule has 0 aliphatic rings. The number of nitrogens with zero attached hydrogens (tertiary/aromatic N) is 2. The van der Waals surface area contributed by atoms with Crippen molar-refractivity contribution in [2.75, 3.05) is 0 Å². The number of aromatic nitrogens is 2. The molecule has 1 aromatic carbocycles. The SMILES string of the molecule is N.NC(=O)c1c(O)c2ncccc2n(Cc2ccc(F)cc2)c1=O. The summed E-state index contributed by atoms with van der Waals surface area (Å²) in [6.45, 7) is 0.0852. The predicted molar refractivity (Wildman–Crippen MR) is 86.7 cm³/mol. The van der Waals surface area contributed by atoms with Crippen molar-refractivity contribution in [3.8, 4) is 5.75 Å². The zero-order chi connectivity index (χ0) is 16.6. The first-order valence-electron chi connectivity index (χ1n) is 6.74. The number of pyridine rings is 2. The molecule has 7 nitrogen and oxygen atoms in total. The van der Waals surface area contributed by atoms with E-state index in [0.717, 1.165) is 0 Å². The van der Waals surface area contributed by atoms with Crippen LogP contribution in [0.4, 0.5) is 4.39 Å². The maximum absolute atomic E-state index is 13.0. The van der Waals surface area contributed by atoms with Crippen molar-refractivity contribution in [2.45, 2.75) is 6.54 Å². The fraction of sp³-hybridized carbons (Fsp3) is 0.0625. The van der Waals surface area contributed by atoms with Gasteiger partial charge in [0.05, 0.1) is 12.1 Å². The number of aromatic hydroxyl groups is 1. The Kier molecular flexibility index (Phi) is 4.61. The third kappa shape index (κ3) is 2.82. The highest BCUT2D eigenvalue weighted by Gasteiger charge is 2.21. The van der Waals surface area contributed by atoms with Crippen molar-refractivity contribution in [1.29, 1.82) is 0 Å². The van der Waals surface area contributed by atoms with E-state index in [-0.39, 0.29) is 18.2 Å². The number of nitrogens with two attached hydrogens (primary N) is 1. The van der Waals surface area contributed by atoms with Crippen molar-refractivity contribution < 1.29 is 14.3 Å². The first-order valence-corrected chi connectivity index (χ1v) is 6.74. The van der Waals surface area contributed by atoms with Crippen LogP contribution in [0.2, 0.25) is 0 Å². The number of rotatable bonds is 3. The zero-order valence-corrected chi connectivity index (χ0v) is 12.6. The molecule has 0 spiro atoms. The van der Waals surface area contributed by atoms with E-state index in [2.05, 4.69) is 4.98 Å². The van der Waals surface area contributed by atoms with Gasteiger partial charge in [-0.1, -0.05) is 12.1 Å². The average molecular weight is 330 g/mol. The Morgan fingerprint density at radius 1 is 1.25 bits per heavy atom. The van der Waals surface area contributed by atoms with Crippen LogP contribution in [0.1, 0.15) is 15.9 Å². The quantitative estimate of drug-likeness (QED) is 0.670. The summed E-state index contributed by atoms with van der Waals surface area (Å²) in [5.41, 5.74) is 5.06. The summed E-state index contributed by atoms with van der Waals surface area (Å²) < 4.78 is 14.3. The Hall–Kier alpha value is -3.26. The highest BCUT2D eigenvalue weighted by molar-refractivity contribution is 6.00. The standard InChI is InChI=1S/C16H12FN3O3.H3N/c17-10-5-3-9(4-6-10)8-20-11-2-1-7-19-13(11)14(21)12(15(18)22)16(20)23;/h1-7,21H,8H2,(H2,18,22);1H3. The van der Waals surface area contributed by atoms with Gasteiger partial charge in [0.2, 0.25) is 0 Å². The summed E-state index contributed by atoms with van der Waals surface area (Å²) in [7, 11) is 0. The molecule has 0 fully saturated rings. The molecular weight excluding hydrogens is 315 g/mol. The van der Waals surface area contributed by atoms with Gasteiger partial charge in [-0.15, -0.1) is 0 Å². The maximum Gasteiger partial charge on any atom is 0.268 e. The predicted octanol–water partition coefficient (Wildman–Crippen LogP) is 1.55. The van der Waals surface area contributed by atoms with Crippen molar-refractivity contribution in [1.82, 2.24) is 15.7 Å². The van der Waals surface area contributed by atoms with Crippen LogP contribution in [-0.4, -0.2) is 20.6 Å². The minimum atomic E-state index is -1.03. The van der Waals surface area contributed by atoms with Crippen molar-refractivity contribution in [2.24, 2.45) is 5.73 Å².